The molecule has 1 N–H and O–H groups in total. The van der Waals surface area contributed by atoms with Gasteiger partial charge < -0.3 is 19.9 Å². The molecule has 28 heavy (non-hydrogen) atoms. The van der Waals surface area contributed by atoms with Crippen molar-refractivity contribution in [3.8, 4) is 5.75 Å². The van der Waals surface area contributed by atoms with Crippen LogP contribution in [0, 0.1) is 5.92 Å². The van der Waals surface area contributed by atoms with E-state index < -0.39 is 97.0 Å². The normalized spacial score (nSPS) is 25.1. The molecule has 0 spiro atoms. The summed E-state index contributed by atoms with van der Waals surface area (Å²) in [5.41, 5.74) is -4.21. The zero-order valence-corrected chi connectivity index (χ0v) is 18.6. The Morgan fingerprint density at radius 3 is 2.89 bits per heavy atom. The number of nitrogens with one attached hydrogen (secondary N) is 1. The van der Waals surface area contributed by atoms with E-state index >= 15 is 0 Å². The van der Waals surface area contributed by atoms with Gasteiger partial charge in [-0.25, -0.2) is 0 Å². The summed E-state index contributed by atoms with van der Waals surface area (Å²) in [5, 5.41) is 12.5. The van der Waals surface area contributed by atoms with E-state index in [2.05, 4.69) is 0 Å². The van der Waals surface area contributed by atoms with Crippen LogP contribution in [0.1, 0.15) is 61.1 Å². The van der Waals surface area contributed by atoms with Crippen molar-refractivity contribution in [3.63, 3.8) is 0 Å². The van der Waals surface area contributed by atoms with E-state index in [9.17, 15) is 14.7 Å². The molecule has 3 rings (SSSR count). The second-order valence-corrected chi connectivity index (χ2v) is 6.15. The number of hydrogen-bond acceptors (Lipinski definition) is 4. The van der Waals surface area contributed by atoms with Crippen molar-refractivity contribution in [2.75, 3.05) is 26.2 Å². The van der Waals surface area contributed by atoms with Gasteiger partial charge in [-0.2, -0.15) is 0 Å². The molecule has 0 bridgehead atoms. The molecule has 7 heteroatoms. The third-order valence-electron chi connectivity index (χ3n) is 4.39. The summed E-state index contributed by atoms with van der Waals surface area (Å²) in [4.78, 5) is 28.2. The van der Waals surface area contributed by atoms with Crippen LogP contribution in [0.25, 0.3) is 10.9 Å². The van der Waals surface area contributed by atoms with Gasteiger partial charge in [0.15, 0.2) is 1.41 Å². The summed E-state index contributed by atoms with van der Waals surface area (Å²) < 4.78 is 110. The fourth-order valence-electron chi connectivity index (χ4n) is 2.94. The van der Waals surface area contributed by atoms with Crippen LogP contribution in [0.4, 0.5) is 0 Å². The van der Waals surface area contributed by atoms with E-state index in [1.165, 1.54) is 0 Å². The van der Waals surface area contributed by atoms with Crippen molar-refractivity contribution < 1.29 is 80.5 Å². The third kappa shape index (κ3) is 5.26. The number of para-hydroxylation sites is 1. The first-order valence-electron chi connectivity index (χ1n) is 15.5. The monoisotopic (exact) mass is 423 g/mol. The number of hydrogen-bond donors (Lipinski definition) is 1. The summed E-state index contributed by atoms with van der Waals surface area (Å²) >= 11 is 0. The summed E-state index contributed by atoms with van der Waals surface area (Å²) in [6.07, 6.45) is 0.491. The van der Waals surface area contributed by atoms with Gasteiger partial charge in [0.25, 0.3) is 11.5 Å². The van der Waals surface area contributed by atoms with Crippen molar-refractivity contribution in [2.45, 2.75) is 39.5 Å². The molecule has 0 aliphatic carbocycles. The van der Waals surface area contributed by atoms with Gasteiger partial charge in [0.05, 0.1) is 16.6 Å². The van der Waals surface area contributed by atoms with Gasteiger partial charge in [0.2, 0.25) is 0 Å². The maximum Gasteiger partial charge on any atom is 1.00 e. The van der Waals surface area contributed by atoms with E-state index in [4.69, 9.17) is 19.2 Å². The first kappa shape index (κ1) is 10.6. The van der Waals surface area contributed by atoms with Crippen LogP contribution in [-0.2, 0) is 6.50 Å². The van der Waals surface area contributed by atoms with Gasteiger partial charge in [-0.3, -0.25) is 9.59 Å². The standard InChI is InChI=1S/C21H29N3O3.K/c1-3-24-17-8-5-4-7-16(17)19(25)18(21(24)27)20(26)22-11-6-12-23-13-9-15(2)10-14-23;/h4-5,7-8,15,25H,3,6,9-14H2,1-2H3,(H,22,26);/q;+1/p-1/i1D3,2D3,3D2,4D,5D,7D,8D,12D;/hD. The fraction of sp³-hybridized carbons (Fsp3) is 0.524. The van der Waals surface area contributed by atoms with Crippen molar-refractivity contribution in [2.24, 2.45) is 5.92 Å². The smallest absolute Gasteiger partial charge is 0.871 e. The molecule has 2 heterocycles. The van der Waals surface area contributed by atoms with Crippen molar-refractivity contribution in [1.82, 2.24) is 14.8 Å². The molecule has 1 aromatic heterocycles. The first-order valence-corrected chi connectivity index (χ1v) is 8.48. The molecule has 2 aromatic rings. The Labute approximate surface area is 228 Å². The Bertz CT molecular complexity index is 1400. The molecule has 1 aliphatic heterocycles. The van der Waals surface area contributed by atoms with E-state index in [1.807, 2.05) is 0 Å². The predicted molar refractivity (Wildman–Crippen MR) is 105 cm³/mol. The maximum atomic E-state index is 13.4. The second kappa shape index (κ2) is 10.9. The van der Waals surface area contributed by atoms with Crippen molar-refractivity contribution >= 4 is 16.8 Å². The summed E-state index contributed by atoms with van der Waals surface area (Å²) in [5.74, 6) is -3.60. The number of nitrogens with zero attached hydrogens (tertiary/aromatic N) is 2. The largest absolute Gasteiger partial charge is 1.00 e. The molecular weight excluding hydrogens is 381 g/mol. The number of likely N-dealkylation sites (tertiary alicyclic amines) is 1. The van der Waals surface area contributed by atoms with Crippen molar-refractivity contribution in [1.29, 1.82) is 0 Å². The third-order valence-corrected chi connectivity index (χ3v) is 4.39. The SMILES string of the molecule is [2H]c1c([2H])c([2H])c2c(c1[2H])c([O-])c(C(=O)N([2H])CCC([2H])N1CCC(C([2H])([2H])[2H])CC1)c(=O)n2C([2H])([2H])C([2H])([2H])[2H].[K+]. The minimum Gasteiger partial charge on any atom is -0.871 e. The molecule has 1 aliphatic rings. The predicted octanol–water partition coefficient (Wildman–Crippen LogP) is -1.05. The molecule has 1 atom stereocenters. The minimum atomic E-state index is -3.64. The van der Waals surface area contributed by atoms with Gasteiger partial charge in [-0.15, -0.1) is 0 Å². The molecule has 1 unspecified atom stereocenters. The number of benzene rings is 1. The van der Waals surface area contributed by atoms with E-state index in [0.717, 1.165) is 0 Å². The van der Waals surface area contributed by atoms with Gasteiger partial charge in [-0.05, 0) is 63.1 Å². The second-order valence-electron chi connectivity index (χ2n) is 6.15. The quantitative estimate of drug-likeness (QED) is 0.602. The number of pyridine rings is 1. The van der Waals surface area contributed by atoms with Gasteiger partial charge in [0.1, 0.15) is 0 Å². The Kier molecular flexibility index (Phi) is 4.11. The molecule has 1 saturated heterocycles. The number of amides is 1. The number of rotatable bonds is 6. The average molecular weight is 424 g/mol. The van der Waals surface area contributed by atoms with Gasteiger partial charge in [0, 0.05) is 25.4 Å². The average Bonchev–Trinajstić information content (AvgIpc) is 2.87. The first-order chi connectivity index (χ1) is 18.6. The number of aryl methyl sites for hydroxylation is 1. The molecule has 1 fully saturated rings. The van der Waals surface area contributed by atoms with Crippen molar-refractivity contribution in [3.05, 3.63) is 40.1 Å². The molecular formula is C21H28KN3O3. The fourth-order valence-corrected chi connectivity index (χ4v) is 2.94. The summed E-state index contributed by atoms with van der Waals surface area (Å²) in [6.45, 7) is -10.2. The molecule has 1 aromatic carbocycles. The number of carbonyl (C=O) groups excluding carboxylic acids is 1. The molecule has 1 amide bonds. The van der Waals surface area contributed by atoms with Crippen LogP contribution in [0.15, 0.2) is 29.0 Å². The van der Waals surface area contributed by atoms with Crippen LogP contribution in [0.3, 0.4) is 0 Å². The van der Waals surface area contributed by atoms with E-state index in [0.29, 0.717) is 25.9 Å². The topological polar surface area (TPSA) is 77.4 Å². The Hall–Kier alpha value is -0.704. The molecule has 0 radical (unpaired) electrons. The molecule has 6 nitrogen and oxygen atoms in total. The minimum absolute atomic E-state index is 0. The van der Waals surface area contributed by atoms with E-state index in [-0.39, 0.29) is 67.7 Å². The number of piperidine rings is 1. The van der Waals surface area contributed by atoms with Crippen LogP contribution in [0.2, 0.25) is 1.41 Å². The zero-order chi connectivity index (χ0) is 31.4. The Morgan fingerprint density at radius 2 is 2.18 bits per heavy atom. The van der Waals surface area contributed by atoms with E-state index in [1.54, 1.807) is 4.90 Å². The van der Waals surface area contributed by atoms with Crippen LogP contribution in [0.5, 0.6) is 5.75 Å². The van der Waals surface area contributed by atoms with Gasteiger partial charge in [-0.1, -0.05) is 30.7 Å². The molecule has 0 saturated carbocycles. The van der Waals surface area contributed by atoms with Crippen LogP contribution < -0.4 is 67.4 Å². The zero-order valence-electron chi connectivity index (χ0n) is 29.5. The Morgan fingerprint density at radius 1 is 1.43 bits per heavy atom. The number of aromatic nitrogens is 1. The Balaban J connectivity index is 0.00000616. The summed E-state index contributed by atoms with van der Waals surface area (Å²) in [7, 11) is 0. The number of carbonyl (C=O) groups is 1. The maximum absolute atomic E-state index is 13.4. The molecule has 146 valence electrons. The summed E-state index contributed by atoms with van der Waals surface area (Å²) in [6, 6.07) is -4.01. The number of fused-ring (bicyclic) bond motifs is 1. The van der Waals surface area contributed by atoms with Gasteiger partial charge >= 0.3 is 51.4 Å². The van der Waals surface area contributed by atoms with Crippen LogP contribution >= 0.6 is 0 Å². The van der Waals surface area contributed by atoms with Crippen LogP contribution in [-0.4, -0.2) is 41.5 Å².